The van der Waals surface area contributed by atoms with Crippen LogP contribution in [-0.4, -0.2) is 79.4 Å². The van der Waals surface area contributed by atoms with Crippen molar-refractivity contribution < 1.29 is 9.59 Å². The van der Waals surface area contributed by atoms with Crippen LogP contribution in [0.25, 0.3) is 11.1 Å². The summed E-state index contributed by atoms with van der Waals surface area (Å²) < 4.78 is 0. The molecule has 0 spiro atoms. The topological polar surface area (TPSA) is 70.9 Å². The smallest absolute Gasteiger partial charge is 0.253 e. The van der Waals surface area contributed by atoms with Gasteiger partial charge in [0.15, 0.2) is 0 Å². The monoisotopic (exact) mass is 617 g/mol. The molecule has 9 heteroatoms. The molecule has 3 aromatic rings. The fourth-order valence-corrected chi connectivity index (χ4v) is 6.24. The van der Waals surface area contributed by atoms with Crippen molar-refractivity contribution in [1.29, 1.82) is 5.26 Å². The average molecular weight is 619 g/mol. The highest BCUT2D eigenvalue weighted by Gasteiger charge is 2.27. The van der Waals surface area contributed by atoms with Gasteiger partial charge in [-0.25, -0.2) is 0 Å². The van der Waals surface area contributed by atoms with E-state index >= 15 is 0 Å². The molecule has 1 atom stereocenters. The standard InChI is InChI=1S/C34H37Cl2N5O2/c1-38(33(42)24-41(20-15-37)29-13-14-30(35)31(36)22-29)32(23-39-16-2-3-17-39)26-11-9-25(10-12-26)27-7-6-8-28(21-27)34(43)40-18-4-5-19-40/h6-14,21-22,32H,2-5,16-20,23-24H2,1H3. The van der Waals surface area contributed by atoms with Gasteiger partial charge in [0.05, 0.1) is 28.7 Å². The van der Waals surface area contributed by atoms with E-state index in [0.717, 1.165) is 75.1 Å². The first-order valence-electron chi connectivity index (χ1n) is 14.9. The van der Waals surface area contributed by atoms with Crippen molar-refractivity contribution in [2.45, 2.75) is 31.7 Å². The summed E-state index contributed by atoms with van der Waals surface area (Å²) in [6.07, 6.45) is 4.44. The van der Waals surface area contributed by atoms with E-state index in [1.165, 1.54) is 0 Å². The summed E-state index contributed by atoms with van der Waals surface area (Å²) in [4.78, 5) is 34.5. The number of nitrogens with zero attached hydrogens (tertiary/aromatic N) is 5. The summed E-state index contributed by atoms with van der Waals surface area (Å²) in [5, 5.41) is 10.3. The second-order valence-corrected chi connectivity index (χ2v) is 12.2. The predicted octanol–water partition coefficient (Wildman–Crippen LogP) is 6.52. The molecule has 0 aliphatic carbocycles. The van der Waals surface area contributed by atoms with Crippen LogP contribution in [0.5, 0.6) is 0 Å². The molecule has 3 aromatic carbocycles. The quantitative estimate of drug-likeness (QED) is 0.242. The Balaban J connectivity index is 1.35. The first-order chi connectivity index (χ1) is 20.8. The molecule has 43 heavy (non-hydrogen) atoms. The summed E-state index contributed by atoms with van der Waals surface area (Å²) in [5.74, 6) is -0.00387. The number of hydrogen-bond donors (Lipinski definition) is 0. The number of rotatable bonds is 10. The molecule has 2 fully saturated rings. The zero-order valence-electron chi connectivity index (χ0n) is 24.5. The van der Waals surface area contributed by atoms with Crippen molar-refractivity contribution in [3.05, 3.63) is 87.9 Å². The molecule has 7 nitrogen and oxygen atoms in total. The Morgan fingerprint density at radius 2 is 1.58 bits per heavy atom. The largest absolute Gasteiger partial charge is 0.349 e. The lowest BCUT2D eigenvalue weighted by Gasteiger charge is -2.34. The van der Waals surface area contributed by atoms with Gasteiger partial charge in [-0.05, 0) is 85.8 Å². The minimum atomic E-state index is -0.166. The van der Waals surface area contributed by atoms with Crippen LogP contribution in [-0.2, 0) is 4.79 Å². The SMILES string of the molecule is CN(C(=O)CN(CC#N)c1ccc(Cl)c(Cl)c1)C(CN1CCCC1)c1ccc(-c2cccc(C(=O)N3CCCC3)c2)cc1. The van der Waals surface area contributed by atoms with E-state index in [1.54, 1.807) is 28.0 Å². The van der Waals surface area contributed by atoms with Crippen LogP contribution in [0.2, 0.25) is 10.0 Å². The van der Waals surface area contributed by atoms with Crippen molar-refractivity contribution in [2.24, 2.45) is 0 Å². The van der Waals surface area contributed by atoms with E-state index in [9.17, 15) is 14.9 Å². The van der Waals surface area contributed by atoms with E-state index in [4.69, 9.17) is 23.2 Å². The number of likely N-dealkylation sites (N-methyl/N-ethyl adjacent to an activating group) is 1. The highest BCUT2D eigenvalue weighted by Crippen LogP contribution is 2.30. The van der Waals surface area contributed by atoms with Gasteiger partial charge < -0.3 is 19.6 Å². The third kappa shape index (κ3) is 7.51. The number of hydrogen-bond acceptors (Lipinski definition) is 5. The second kappa shape index (κ2) is 14.3. The van der Waals surface area contributed by atoms with Crippen LogP contribution < -0.4 is 4.90 Å². The molecule has 0 N–H and O–H groups in total. The van der Waals surface area contributed by atoms with Crippen molar-refractivity contribution in [3.63, 3.8) is 0 Å². The van der Waals surface area contributed by atoms with Gasteiger partial charge in [-0.2, -0.15) is 5.26 Å². The molecule has 2 saturated heterocycles. The maximum atomic E-state index is 13.7. The van der Waals surface area contributed by atoms with E-state index < -0.39 is 0 Å². The summed E-state index contributed by atoms with van der Waals surface area (Å²) in [6.45, 7) is 4.48. The van der Waals surface area contributed by atoms with Crippen molar-refractivity contribution >= 4 is 40.7 Å². The zero-order valence-corrected chi connectivity index (χ0v) is 26.0. The van der Waals surface area contributed by atoms with Crippen LogP contribution >= 0.6 is 23.2 Å². The lowest BCUT2D eigenvalue weighted by Crippen LogP contribution is -2.43. The molecule has 2 heterocycles. The van der Waals surface area contributed by atoms with E-state index in [0.29, 0.717) is 21.3 Å². The van der Waals surface area contributed by atoms with Crippen LogP contribution in [0.1, 0.15) is 47.6 Å². The highest BCUT2D eigenvalue weighted by atomic mass is 35.5. The molecule has 0 radical (unpaired) electrons. The first kappa shape index (κ1) is 30.9. The van der Waals surface area contributed by atoms with Gasteiger partial charge in [0, 0.05) is 37.9 Å². The Bertz CT molecular complexity index is 1480. The number of benzene rings is 3. The van der Waals surface area contributed by atoms with Crippen molar-refractivity contribution in [1.82, 2.24) is 14.7 Å². The maximum Gasteiger partial charge on any atom is 0.253 e. The number of nitriles is 1. The third-order valence-corrected chi connectivity index (χ3v) is 9.22. The minimum absolute atomic E-state index is 0.0362. The van der Waals surface area contributed by atoms with Crippen molar-refractivity contribution in [2.75, 3.05) is 57.8 Å². The Labute approximate surface area is 264 Å². The lowest BCUT2D eigenvalue weighted by molar-refractivity contribution is -0.131. The van der Waals surface area contributed by atoms with Gasteiger partial charge in [-0.3, -0.25) is 9.59 Å². The minimum Gasteiger partial charge on any atom is -0.349 e. The summed E-state index contributed by atoms with van der Waals surface area (Å²) in [5.41, 5.74) is 4.43. The Kier molecular flexibility index (Phi) is 10.2. The van der Waals surface area contributed by atoms with Gasteiger partial charge >= 0.3 is 0 Å². The van der Waals surface area contributed by atoms with E-state index in [2.05, 4.69) is 35.2 Å². The average Bonchev–Trinajstić information content (AvgIpc) is 3.76. The number of amides is 2. The number of carbonyl (C=O) groups is 2. The molecule has 2 aliphatic rings. The molecule has 5 rings (SSSR count). The van der Waals surface area contributed by atoms with Crippen LogP contribution in [0.4, 0.5) is 5.69 Å². The second-order valence-electron chi connectivity index (χ2n) is 11.3. The fraction of sp³-hybridized carbons (Fsp3) is 0.382. The van der Waals surface area contributed by atoms with Crippen LogP contribution in [0.3, 0.4) is 0 Å². The molecule has 0 bridgehead atoms. The molecular formula is C34H37Cl2N5O2. The lowest BCUT2D eigenvalue weighted by atomic mass is 9.98. The molecule has 1 unspecified atom stereocenters. The molecule has 0 aromatic heterocycles. The first-order valence-corrected chi connectivity index (χ1v) is 15.6. The highest BCUT2D eigenvalue weighted by molar-refractivity contribution is 6.42. The van der Waals surface area contributed by atoms with E-state index in [1.807, 2.05) is 36.2 Å². The Morgan fingerprint density at radius 1 is 0.884 bits per heavy atom. The van der Waals surface area contributed by atoms with Gasteiger partial charge in [-0.1, -0.05) is 59.6 Å². The van der Waals surface area contributed by atoms with Gasteiger partial charge in [0.1, 0.15) is 6.54 Å². The van der Waals surface area contributed by atoms with Crippen LogP contribution in [0, 0.1) is 11.3 Å². The van der Waals surface area contributed by atoms with Crippen molar-refractivity contribution in [3.8, 4) is 17.2 Å². The van der Waals surface area contributed by atoms with Gasteiger partial charge in [0.25, 0.3) is 5.91 Å². The summed E-state index contributed by atoms with van der Waals surface area (Å²) in [7, 11) is 1.84. The molecular weight excluding hydrogens is 581 g/mol. The normalized spacial score (nSPS) is 15.7. The number of likely N-dealkylation sites (tertiary alicyclic amines) is 2. The summed E-state index contributed by atoms with van der Waals surface area (Å²) >= 11 is 12.3. The molecule has 2 amide bonds. The number of carbonyl (C=O) groups excluding carboxylic acids is 2. The van der Waals surface area contributed by atoms with Gasteiger partial charge in [0.2, 0.25) is 5.91 Å². The zero-order chi connectivity index (χ0) is 30.3. The fourth-order valence-electron chi connectivity index (χ4n) is 5.95. The maximum absolute atomic E-state index is 13.7. The number of anilines is 1. The predicted molar refractivity (Wildman–Crippen MR) is 172 cm³/mol. The van der Waals surface area contributed by atoms with Gasteiger partial charge in [-0.15, -0.1) is 0 Å². The molecule has 0 saturated carbocycles. The third-order valence-electron chi connectivity index (χ3n) is 8.48. The Hall–Kier alpha value is -3.57. The molecule has 2 aliphatic heterocycles. The van der Waals surface area contributed by atoms with E-state index in [-0.39, 0.29) is 30.9 Å². The Morgan fingerprint density at radius 3 is 2.26 bits per heavy atom. The molecule has 224 valence electrons. The summed E-state index contributed by atoms with van der Waals surface area (Å²) in [6, 6.07) is 23.3. The number of halogens is 2. The van der Waals surface area contributed by atoms with Crippen LogP contribution in [0.15, 0.2) is 66.7 Å².